The Morgan fingerprint density at radius 1 is 0.969 bits per heavy atom. The van der Waals surface area contributed by atoms with Gasteiger partial charge in [0.1, 0.15) is 11.4 Å². The number of halogens is 1. The first kappa shape index (κ1) is 21.8. The number of hydrazine groups is 1. The molecule has 1 saturated carbocycles. The molecule has 0 bridgehead atoms. The lowest BCUT2D eigenvalue weighted by Crippen LogP contribution is -2.50. The van der Waals surface area contributed by atoms with Crippen molar-refractivity contribution in [3.63, 3.8) is 0 Å². The van der Waals surface area contributed by atoms with Crippen LogP contribution in [0.2, 0.25) is 0 Å². The Bertz CT molecular complexity index is 1160. The number of benzene rings is 2. The van der Waals surface area contributed by atoms with E-state index >= 15 is 0 Å². The number of anilines is 1. The molecule has 1 heterocycles. The van der Waals surface area contributed by atoms with Gasteiger partial charge in [-0.1, -0.05) is 19.3 Å². The lowest BCUT2D eigenvalue weighted by atomic mass is 9.82. The molecule has 168 valence electrons. The Hall–Kier alpha value is -3.47. The van der Waals surface area contributed by atoms with Gasteiger partial charge in [-0.2, -0.15) is 5.01 Å². The van der Waals surface area contributed by atoms with Crippen molar-refractivity contribution in [2.75, 3.05) is 4.72 Å². The van der Waals surface area contributed by atoms with Crippen molar-refractivity contribution in [3.05, 3.63) is 59.9 Å². The van der Waals surface area contributed by atoms with Gasteiger partial charge in [0.25, 0.3) is 21.8 Å². The van der Waals surface area contributed by atoms with Gasteiger partial charge in [0.15, 0.2) is 0 Å². The van der Waals surface area contributed by atoms with E-state index in [4.69, 9.17) is 0 Å². The quantitative estimate of drug-likeness (QED) is 0.592. The summed E-state index contributed by atoms with van der Waals surface area (Å²) in [7, 11) is -3.94. The topological polar surface area (TPSA) is 125 Å². The van der Waals surface area contributed by atoms with Crippen molar-refractivity contribution in [2.45, 2.75) is 42.5 Å². The van der Waals surface area contributed by atoms with E-state index in [0.29, 0.717) is 17.9 Å². The van der Waals surface area contributed by atoms with Crippen molar-refractivity contribution in [1.82, 2.24) is 15.8 Å². The summed E-state index contributed by atoms with van der Waals surface area (Å²) in [5, 5.41) is 3.41. The molecule has 1 saturated heterocycles. The zero-order valence-corrected chi connectivity index (χ0v) is 17.7. The Morgan fingerprint density at radius 3 is 2.22 bits per heavy atom. The monoisotopic (exact) mass is 460 g/mol. The van der Waals surface area contributed by atoms with E-state index < -0.39 is 39.2 Å². The van der Waals surface area contributed by atoms with Crippen LogP contribution in [0.3, 0.4) is 0 Å². The molecule has 32 heavy (non-hydrogen) atoms. The maximum absolute atomic E-state index is 13.0. The average Bonchev–Trinajstić information content (AvgIpc) is 2.98. The highest BCUT2D eigenvalue weighted by molar-refractivity contribution is 7.92. The average molecular weight is 460 g/mol. The smallest absolute Gasteiger partial charge is 0.322 e. The SMILES string of the molecule is O=C(NN1C(=O)NC2(CCCCC2)C1=O)c1ccc(NS(=O)(=O)c2ccc(F)cc2)cc1. The van der Waals surface area contributed by atoms with Crippen LogP contribution >= 0.6 is 0 Å². The number of imide groups is 1. The molecule has 0 aromatic heterocycles. The standard InChI is InChI=1S/C21H21FN4O5S/c22-15-6-10-17(11-7-15)32(30,31)25-16-8-4-14(5-9-16)18(27)24-26-19(28)21(23-20(26)29)12-2-1-3-13-21/h4-11,25H,1-3,12-13H2,(H,23,29)(H,24,27). The van der Waals surface area contributed by atoms with Crippen molar-refractivity contribution >= 4 is 33.6 Å². The summed E-state index contributed by atoms with van der Waals surface area (Å²) in [5.41, 5.74) is 1.68. The van der Waals surface area contributed by atoms with E-state index in [1.807, 2.05) is 0 Å². The molecule has 0 radical (unpaired) electrons. The van der Waals surface area contributed by atoms with Gasteiger partial charge in [0.05, 0.1) is 4.90 Å². The summed E-state index contributed by atoms with van der Waals surface area (Å²) in [6.45, 7) is 0. The van der Waals surface area contributed by atoms with Crippen LogP contribution in [0, 0.1) is 5.82 Å². The van der Waals surface area contributed by atoms with Gasteiger partial charge in [0, 0.05) is 11.3 Å². The van der Waals surface area contributed by atoms with E-state index in [-0.39, 0.29) is 16.1 Å². The third kappa shape index (κ3) is 4.15. The number of nitrogens with zero attached hydrogens (tertiary/aromatic N) is 1. The van der Waals surface area contributed by atoms with Gasteiger partial charge in [-0.05, 0) is 61.4 Å². The molecule has 1 aliphatic carbocycles. The van der Waals surface area contributed by atoms with E-state index in [1.165, 1.54) is 24.3 Å². The number of urea groups is 1. The molecule has 9 nitrogen and oxygen atoms in total. The fourth-order valence-electron chi connectivity index (χ4n) is 3.90. The molecule has 0 unspecified atom stereocenters. The van der Waals surface area contributed by atoms with Crippen LogP contribution in [0.4, 0.5) is 14.9 Å². The fourth-order valence-corrected chi connectivity index (χ4v) is 4.96. The summed E-state index contributed by atoms with van der Waals surface area (Å²) in [4.78, 5) is 37.5. The number of rotatable bonds is 5. The van der Waals surface area contributed by atoms with Gasteiger partial charge in [0.2, 0.25) is 0 Å². The first-order valence-corrected chi connectivity index (χ1v) is 11.5. The number of hydrogen-bond acceptors (Lipinski definition) is 5. The Kier molecular flexibility index (Phi) is 5.59. The van der Waals surface area contributed by atoms with Crippen molar-refractivity contribution < 1.29 is 27.2 Å². The number of hydrogen-bond donors (Lipinski definition) is 3. The zero-order chi connectivity index (χ0) is 22.9. The van der Waals surface area contributed by atoms with Gasteiger partial charge >= 0.3 is 6.03 Å². The summed E-state index contributed by atoms with van der Waals surface area (Å²) < 4.78 is 40.1. The van der Waals surface area contributed by atoms with Crippen LogP contribution in [-0.2, 0) is 14.8 Å². The van der Waals surface area contributed by atoms with Crippen LogP contribution in [0.15, 0.2) is 53.4 Å². The maximum atomic E-state index is 13.0. The molecule has 4 amide bonds. The highest BCUT2D eigenvalue weighted by Gasteiger charge is 2.52. The van der Waals surface area contributed by atoms with Crippen LogP contribution in [0.25, 0.3) is 0 Å². The molecule has 2 aromatic carbocycles. The Labute approximate surface area is 184 Å². The van der Waals surface area contributed by atoms with Crippen LogP contribution in [-0.4, -0.2) is 36.8 Å². The molecule has 3 N–H and O–H groups in total. The highest BCUT2D eigenvalue weighted by Crippen LogP contribution is 2.33. The van der Waals surface area contributed by atoms with E-state index in [1.54, 1.807) is 0 Å². The minimum Gasteiger partial charge on any atom is -0.322 e. The third-order valence-electron chi connectivity index (χ3n) is 5.61. The second-order valence-electron chi connectivity index (χ2n) is 7.79. The maximum Gasteiger partial charge on any atom is 0.344 e. The molecule has 4 rings (SSSR count). The molecule has 0 atom stereocenters. The predicted molar refractivity (Wildman–Crippen MR) is 112 cm³/mol. The second kappa shape index (κ2) is 8.23. The molecule has 2 fully saturated rings. The summed E-state index contributed by atoms with van der Waals surface area (Å²) in [5.74, 6) is -1.72. The predicted octanol–water partition coefficient (Wildman–Crippen LogP) is 2.53. The van der Waals surface area contributed by atoms with E-state index in [2.05, 4.69) is 15.5 Å². The number of sulfonamides is 1. The lowest BCUT2D eigenvalue weighted by molar-refractivity contribution is -0.134. The summed E-state index contributed by atoms with van der Waals surface area (Å²) in [6.07, 6.45) is 3.71. The lowest BCUT2D eigenvalue weighted by Gasteiger charge is -2.30. The Balaban J connectivity index is 1.43. The molecule has 2 aliphatic rings. The summed E-state index contributed by atoms with van der Waals surface area (Å²) >= 11 is 0. The molecule has 1 spiro atoms. The van der Waals surface area contributed by atoms with Crippen LogP contribution in [0.5, 0.6) is 0 Å². The first-order chi connectivity index (χ1) is 15.2. The van der Waals surface area contributed by atoms with Crippen molar-refractivity contribution in [3.8, 4) is 0 Å². The van der Waals surface area contributed by atoms with E-state index in [9.17, 15) is 27.2 Å². The van der Waals surface area contributed by atoms with Crippen molar-refractivity contribution in [2.24, 2.45) is 0 Å². The van der Waals surface area contributed by atoms with Crippen LogP contribution in [0.1, 0.15) is 42.5 Å². The number of carbonyl (C=O) groups excluding carboxylic acids is 3. The minimum atomic E-state index is -3.94. The second-order valence-corrected chi connectivity index (χ2v) is 9.47. The zero-order valence-electron chi connectivity index (χ0n) is 16.9. The highest BCUT2D eigenvalue weighted by atomic mass is 32.2. The normalized spacial score (nSPS) is 17.8. The number of nitrogens with one attached hydrogen (secondary N) is 3. The number of amides is 4. The Morgan fingerprint density at radius 2 is 1.59 bits per heavy atom. The molecule has 2 aromatic rings. The van der Waals surface area contributed by atoms with Gasteiger partial charge < -0.3 is 5.32 Å². The number of carbonyl (C=O) groups is 3. The van der Waals surface area contributed by atoms with Gasteiger partial charge in [-0.15, -0.1) is 0 Å². The minimum absolute atomic E-state index is 0.115. The molecule has 1 aliphatic heterocycles. The van der Waals surface area contributed by atoms with E-state index in [0.717, 1.165) is 43.5 Å². The first-order valence-electron chi connectivity index (χ1n) is 10.1. The van der Waals surface area contributed by atoms with Crippen molar-refractivity contribution in [1.29, 1.82) is 0 Å². The largest absolute Gasteiger partial charge is 0.344 e. The summed E-state index contributed by atoms with van der Waals surface area (Å²) in [6, 6.07) is 9.11. The third-order valence-corrected chi connectivity index (χ3v) is 7.00. The van der Waals surface area contributed by atoms with Crippen LogP contribution < -0.4 is 15.5 Å². The van der Waals surface area contributed by atoms with Gasteiger partial charge in [-0.25, -0.2) is 17.6 Å². The molecular formula is C21H21FN4O5S. The molecular weight excluding hydrogens is 439 g/mol. The molecule has 11 heteroatoms. The van der Waals surface area contributed by atoms with Gasteiger partial charge in [-0.3, -0.25) is 19.7 Å². The fraction of sp³-hybridized carbons (Fsp3) is 0.286.